The standard InChI is InChI=1S/C39H28N4O/c1-41-39(26-13-6-3-7-14-26)42-38(40)31-16-10-18-36-37(31)32-24-28(20-22-35(32)44-36)43-33-17-9-8-15-29(33)30-21-19-27(23-34(30)43)25-11-4-2-5-12-25/h2-24H,1H3,(H2,40,41,42). The van der Waals surface area contributed by atoms with E-state index in [1.165, 1.54) is 21.9 Å². The predicted molar refractivity (Wildman–Crippen MR) is 182 cm³/mol. The van der Waals surface area contributed by atoms with Crippen molar-refractivity contribution in [1.82, 2.24) is 9.88 Å². The van der Waals surface area contributed by atoms with Gasteiger partial charge in [-0.25, -0.2) is 4.99 Å². The molecule has 0 bridgehead atoms. The van der Waals surface area contributed by atoms with Gasteiger partial charge in [0.2, 0.25) is 0 Å². The summed E-state index contributed by atoms with van der Waals surface area (Å²) in [5.41, 5.74) is 8.80. The molecule has 0 radical (unpaired) electrons. The minimum Gasteiger partial charge on any atom is -0.456 e. The molecule has 0 aliphatic carbocycles. The zero-order valence-corrected chi connectivity index (χ0v) is 24.1. The van der Waals surface area contributed by atoms with Crippen LogP contribution in [0.5, 0.6) is 0 Å². The highest BCUT2D eigenvalue weighted by molar-refractivity contribution is 6.20. The van der Waals surface area contributed by atoms with Gasteiger partial charge in [-0.3, -0.25) is 5.41 Å². The van der Waals surface area contributed by atoms with E-state index in [4.69, 9.17) is 14.8 Å². The van der Waals surface area contributed by atoms with Crippen LogP contribution in [0.2, 0.25) is 0 Å². The van der Waals surface area contributed by atoms with Crippen molar-refractivity contribution in [2.45, 2.75) is 0 Å². The van der Waals surface area contributed by atoms with Crippen LogP contribution in [-0.4, -0.2) is 23.3 Å². The van der Waals surface area contributed by atoms with Crippen LogP contribution < -0.4 is 5.32 Å². The smallest absolute Gasteiger partial charge is 0.154 e. The Bertz CT molecular complexity index is 2380. The summed E-state index contributed by atoms with van der Waals surface area (Å²) in [4.78, 5) is 4.71. The number of furan rings is 1. The maximum absolute atomic E-state index is 9.05. The fourth-order valence-corrected chi connectivity index (χ4v) is 6.24. The van der Waals surface area contributed by atoms with E-state index in [0.717, 1.165) is 49.8 Å². The summed E-state index contributed by atoms with van der Waals surface area (Å²) < 4.78 is 8.64. The zero-order chi connectivity index (χ0) is 29.6. The Morgan fingerprint density at radius 1 is 0.636 bits per heavy atom. The zero-order valence-electron chi connectivity index (χ0n) is 24.1. The molecule has 0 saturated heterocycles. The quantitative estimate of drug-likeness (QED) is 0.164. The van der Waals surface area contributed by atoms with Crippen LogP contribution in [0.25, 0.3) is 60.6 Å². The van der Waals surface area contributed by atoms with Crippen molar-refractivity contribution >= 4 is 55.4 Å². The second-order valence-electron chi connectivity index (χ2n) is 10.8. The van der Waals surface area contributed by atoms with Crippen molar-refractivity contribution in [3.8, 4) is 16.8 Å². The molecule has 44 heavy (non-hydrogen) atoms. The molecule has 0 aliphatic heterocycles. The van der Waals surface area contributed by atoms with Crippen LogP contribution >= 0.6 is 0 Å². The summed E-state index contributed by atoms with van der Waals surface area (Å²) in [6.07, 6.45) is 0. The number of fused-ring (bicyclic) bond motifs is 6. The van der Waals surface area contributed by atoms with Gasteiger partial charge in [0.15, 0.2) is 5.84 Å². The molecule has 2 aromatic heterocycles. The van der Waals surface area contributed by atoms with E-state index in [0.29, 0.717) is 5.84 Å². The Balaban J connectivity index is 1.34. The number of amidine groups is 2. The third kappa shape index (κ3) is 4.17. The number of nitrogens with zero attached hydrogens (tertiary/aromatic N) is 2. The van der Waals surface area contributed by atoms with E-state index >= 15 is 0 Å². The van der Waals surface area contributed by atoms with Crippen molar-refractivity contribution in [1.29, 1.82) is 5.41 Å². The summed E-state index contributed by atoms with van der Waals surface area (Å²) in [7, 11) is 1.83. The molecule has 0 unspecified atom stereocenters. The molecule has 0 fully saturated rings. The first kappa shape index (κ1) is 25.7. The van der Waals surface area contributed by atoms with Gasteiger partial charge in [0.05, 0.1) is 11.0 Å². The highest BCUT2D eigenvalue weighted by Gasteiger charge is 2.18. The second kappa shape index (κ2) is 10.4. The van der Waals surface area contributed by atoms with Gasteiger partial charge in [0.25, 0.3) is 0 Å². The lowest BCUT2D eigenvalue weighted by Gasteiger charge is -2.10. The van der Waals surface area contributed by atoms with E-state index in [-0.39, 0.29) is 5.84 Å². The molecule has 0 atom stereocenters. The van der Waals surface area contributed by atoms with Gasteiger partial charge >= 0.3 is 0 Å². The normalized spacial score (nSPS) is 12.0. The molecule has 0 amide bonds. The van der Waals surface area contributed by atoms with Crippen LogP contribution in [0.3, 0.4) is 0 Å². The largest absolute Gasteiger partial charge is 0.456 e. The lowest BCUT2D eigenvalue weighted by molar-refractivity contribution is 0.669. The van der Waals surface area contributed by atoms with Gasteiger partial charge in [-0.1, -0.05) is 103 Å². The first-order chi connectivity index (χ1) is 21.7. The van der Waals surface area contributed by atoms with Crippen molar-refractivity contribution in [3.63, 3.8) is 0 Å². The van der Waals surface area contributed by atoms with Gasteiger partial charge in [-0.15, -0.1) is 0 Å². The third-order valence-electron chi connectivity index (χ3n) is 8.28. The van der Waals surface area contributed by atoms with Crippen LogP contribution in [0.15, 0.2) is 149 Å². The highest BCUT2D eigenvalue weighted by Crippen LogP contribution is 2.38. The topological polar surface area (TPSA) is 66.3 Å². The van der Waals surface area contributed by atoms with Crippen molar-refractivity contribution in [2.75, 3.05) is 7.05 Å². The minimum absolute atomic E-state index is 0.168. The monoisotopic (exact) mass is 568 g/mol. The Morgan fingerprint density at radius 3 is 2.20 bits per heavy atom. The summed E-state index contributed by atoms with van der Waals surface area (Å²) >= 11 is 0. The molecule has 8 aromatic rings. The van der Waals surface area contributed by atoms with Crippen LogP contribution in [0.1, 0.15) is 11.1 Å². The van der Waals surface area contributed by atoms with E-state index < -0.39 is 0 Å². The molecule has 210 valence electrons. The van der Waals surface area contributed by atoms with E-state index in [2.05, 4.69) is 88.7 Å². The number of rotatable bonds is 4. The first-order valence-electron chi connectivity index (χ1n) is 14.6. The van der Waals surface area contributed by atoms with E-state index in [1.54, 1.807) is 0 Å². The molecule has 0 spiro atoms. The van der Waals surface area contributed by atoms with Gasteiger partial charge in [-0.2, -0.15) is 0 Å². The molecular weight excluding hydrogens is 540 g/mol. The van der Waals surface area contributed by atoms with Gasteiger partial charge in [0.1, 0.15) is 17.0 Å². The number of aromatic nitrogens is 1. The number of benzene rings is 6. The SMILES string of the molecule is CN/C(=N\C(=N)c1cccc2oc3ccc(-n4c5ccccc5c5ccc(-c6ccccc6)cc54)cc3c12)c1ccccc1. The van der Waals surface area contributed by atoms with E-state index in [9.17, 15) is 0 Å². The summed E-state index contributed by atoms with van der Waals surface area (Å²) in [6, 6.07) is 47.8. The lowest BCUT2D eigenvalue weighted by Crippen LogP contribution is -2.21. The van der Waals surface area contributed by atoms with Crippen molar-refractivity contribution in [2.24, 2.45) is 4.99 Å². The predicted octanol–water partition coefficient (Wildman–Crippen LogP) is 9.34. The van der Waals surface area contributed by atoms with Crippen molar-refractivity contribution in [3.05, 3.63) is 151 Å². The molecule has 2 N–H and O–H groups in total. The average molecular weight is 569 g/mol. The highest BCUT2D eigenvalue weighted by atomic mass is 16.3. The molecule has 8 rings (SSSR count). The maximum atomic E-state index is 9.05. The number of hydrogen-bond donors (Lipinski definition) is 2. The summed E-state index contributed by atoms with van der Waals surface area (Å²) in [5.74, 6) is 0.807. The van der Waals surface area contributed by atoms with Gasteiger partial charge in [0, 0.05) is 45.4 Å². The fourth-order valence-electron chi connectivity index (χ4n) is 6.24. The molecule has 2 heterocycles. The average Bonchev–Trinajstić information content (AvgIpc) is 3.62. The molecule has 0 aliphatic rings. The number of aliphatic imine (C=N–C) groups is 1. The third-order valence-corrected chi connectivity index (χ3v) is 8.28. The Kier molecular flexibility index (Phi) is 6.09. The van der Waals surface area contributed by atoms with Gasteiger partial charge < -0.3 is 14.3 Å². The number of nitrogens with one attached hydrogen (secondary N) is 2. The first-order valence-corrected chi connectivity index (χ1v) is 14.6. The summed E-state index contributed by atoms with van der Waals surface area (Å²) in [5, 5.41) is 16.4. The Labute approximate surface area is 254 Å². The molecule has 0 saturated carbocycles. The Hall–Kier alpha value is -5.94. The summed E-state index contributed by atoms with van der Waals surface area (Å²) in [6.45, 7) is 0. The molecule has 5 nitrogen and oxygen atoms in total. The van der Waals surface area contributed by atoms with Gasteiger partial charge in [-0.05, 0) is 47.5 Å². The fraction of sp³-hybridized carbons (Fsp3) is 0.0256. The van der Waals surface area contributed by atoms with E-state index in [1.807, 2.05) is 67.7 Å². The molecule has 6 aromatic carbocycles. The Morgan fingerprint density at radius 2 is 1.39 bits per heavy atom. The second-order valence-corrected chi connectivity index (χ2v) is 10.8. The molecule has 5 heteroatoms. The van der Waals surface area contributed by atoms with Crippen LogP contribution in [0.4, 0.5) is 0 Å². The maximum Gasteiger partial charge on any atom is 0.154 e. The number of para-hydroxylation sites is 1. The minimum atomic E-state index is 0.168. The number of hydrogen-bond acceptors (Lipinski definition) is 2. The van der Waals surface area contributed by atoms with Crippen molar-refractivity contribution < 1.29 is 4.42 Å². The lowest BCUT2D eigenvalue weighted by atomic mass is 10.0. The molecular formula is C39H28N4O. The van der Waals surface area contributed by atoms with Crippen LogP contribution in [0, 0.1) is 5.41 Å². The van der Waals surface area contributed by atoms with Crippen LogP contribution in [-0.2, 0) is 0 Å².